The number of rotatable bonds is 5. The maximum absolute atomic E-state index is 12.3. The van der Waals surface area contributed by atoms with Crippen LogP contribution in [0.1, 0.15) is 27.9 Å². The third-order valence-electron chi connectivity index (χ3n) is 3.29. The highest BCUT2D eigenvalue weighted by molar-refractivity contribution is 7.98. The number of nitrogens with zero attached hydrogens (tertiary/aromatic N) is 1. The van der Waals surface area contributed by atoms with E-state index in [1.165, 1.54) is 11.3 Å². The number of thioether (sulfide) groups is 1. The molecule has 2 aromatic rings. The average molecular weight is 323 g/mol. The summed E-state index contributed by atoms with van der Waals surface area (Å²) >= 11 is 3.16. The maximum Gasteiger partial charge on any atom is 0.263 e. The molecule has 0 radical (unpaired) electrons. The van der Waals surface area contributed by atoms with Crippen molar-refractivity contribution in [2.24, 2.45) is 5.92 Å². The van der Waals surface area contributed by atoms with Crippen LogP contribution in [0.5, 0.6) is 0 Å². The van der Waals surface area contributed by atoms with Crippen molar-refractivity contribution in [2.45, 2.75) is 20.8 Å². The van der Waals surface area contributed by atoms with E-state index in [9.17, 15) is 4.79 Å². The molecule has 0 saturated heterocycles. The van der Waals surface area contributed by atoms with Crippen molar-refractivity contribution in [1.82, 2.24) is 10.3 Å². The van der Waals surface area contributed by atoms with Gasteiger partial charge in [0.05, 0.1) is 5.69 Å². The second-order valence-electron chi connectivity index (χ2n) is 5.38. The number of aryl methyl sites for hydroxylation is 2. The number of aromatic nitrogens is 1. The molecule has 2 heterocycles. The predicted octanol–water partition coefficient (Wildman–Crippen LogP) is 3.22. The third kappa shape index (κ3) is 3.49. The van der Waals surface area contributed by atoms with Gasteiger partial charge in [0.25, 0.3) is 5.91 Å². The fourth-order valence-electron chi connectivity index (χ4n) is 2.33. The number of amides is 1. The van der Waals surface area contributed by atoms with Crippen molar-refractivity contribution in [3.05, 3.63) is 22.2 Å². The van der Waals surface area contributed by atoms with Crippen LogP contribution in [0, 0.1) is 19.8 Å². The fourth-order valence-corrected chi connectivity index (χ4v) is 4.15. The van der Waals surface area contributed by atoms with Crippen molar-refractivity contribution < 1.29 is 4.79 Å². The van der Waals surface area contributed by atoms with E-state index < -0.39 is 0 Å². The summed E-state index contributed by atoms with van der Waals surface area (Å²) in [6.07, 6.45) is 2.07. The highest BCUT2D eigenvalue weighted by atomic mass is 32.2. The molecule has 21 heavy (non-hydrogen) atoms. The number of nitrogen functional groups attached to an aromatic ring is 1. The largest absolute Gasteiger partial charge is 0.397 e. The number of pyridine rings is 1. The van der Waals surface area contributed by atoms with Gasteiger partial charge in [0.1, 0.15) is 9.71 Å². The summed E-state index contributed by atoms with van der Waals surface area (Å²) < 4.78 is 0. The van der Waals surface area contributed by atoms with Crippen molar-refractivity contribution in [2.75, 3.05) is 24.3 Å². The first-order chi connectivity index (χ1) is 9.93. The Hall–Kier alpha value is -1.27. The Bertz CT molecular complexity index is 666. The van der Waals surface area contributed by atoms with E-state index in [0.29, 0.717) is 23.0 Å². The lowest BCUT2D eigenvalue weighted by atomic mass is 10.1. The van der Waals surface area contributed by atoms with E-state index in [4.69, 9.17) is 5.73 Å². The molecule has 1 unspecified atom stereocenters. The molecule has 0 bridgehead atoms. The van der Waals surface area contributed by atoms with Gasteiger partial charge in [-0.3, -0.25) is 4.79 Å². The molecule has 1 amide bonds. The second-order valence-corrected chi connectivity index (χ2v) is 7.29. The summed E-state index contributed by atoms with van der Waals surface area (Å²) in [6.45, 7) is 6.74. The smallest absolute Gasteiger partial charge is 0.263 e. The molecule has 114 valence electrons. The molecule has 1 atom stereocenters. The van der Waals surface area contributed by atoms with Crippen molar-refractivity contribution in [1.29, 1.82) is 0 Å². The summed E-state index contributed by atoms with van der Waals surface area (Å²) in [5.41, 5.74) is 8.73. The van der Waals surface area contributed by atoms with Crippen LogP contribution in [0.15, 0.2) is 6.07 Å². The van der Waals surface area contributed by atoms with Crippen LogP contribution in [0.3, 0.4) is 0 Å². The molecule has 4 nitrogen and oxygen atoms in total. The quantitative estimate of drug-likeness (QED) is 0.886. The molecular weight excluding hydrogens is 302 g/mol. The Morgan fingerprint density at radius 2 is 2.24 bits per heavy atom. The number of carbonyl (C=O) groups is 1. The standard InChI is InChI=1S/C15H21N3OS2/c1-8(7-20-4)6-17-14(19)13-12(16)11-9(2)5-10(3)18-15(11)21-13/h5,8H,6-7,16H2,1-4H3,(H,17,19). The van der Waals surface area contributed by atoms with Gasteiger partial charge in [-0.2, -0.15) is 11.8 Å². The van der Waals surface area contributed by atoms with Gasteiger partial charge in [0.15, 0.2) is 0 Å². The number of hydrogen-bond donors (Lipinski definition) is 2. The van der Waals surface area contributed by atoms with E-state index in [-0.39, 0.29) is 5.91 Å². The summed E-state index contributed by atoms with van der Waals surface area (Å²) in [7, 11) is 0. The fraction of sp³-hybridized carbons (Fsp3) is 0.467. The minimum absolute atomic E-state index is 0.0968. The number of nitrogens with two attached hydrogens (primary N) is 1. The minimum Gasteiger partial charge on any atom is -0.397 e. The van der Waals surface area contributed by atoms with E-state index in [1.807, 2.05) is 19.9 Å². The van der Waals surface area contributed by atoms with Crippen molar-refractivity contribution in [3.8, 4) is 0 Å². The van der Waals surface area contributed by atoms with Crippen LogP contribution in [-0.2, 0) is 0 Å². The first kappa shape index (κ1) is 16.1. The molecule has 0 aliphatic heterocycles. The average Bonchev–Trinajstić information content (AvgIpc) is 2.73. The Morgan fingerprint density at radius 1 is 1.52 bits per heavy atom. The Kier molecular flexibility index (Phi) is 5.11. The Balaban J connectivity index is 2.24. The molecule has 2 aromatic heterocycles. The summed E-state index contributed by atoms with van der Waals surface area (Å²) in [4.78, 5) is 18.2. The van der Waals surface area contributed by atoms with Crippen LogP contribution in [0.2, 0.25) is 0 Å². The van der Waals surface area contributed by atoms with Gasteiger partial charge in [-0.1, -0.05) is 6.92 Å². The molecule has 0 aromatic carbocycles. The Labute approximate surface area is 133 Å². The van der Waals surface area contributed by atoms with Gasteiger partial charge in [0.2, 0.25) is 0 Å². The highest BCUT2D eigenvalue weighted by Crippen LogP contribution is 2.34. The van der Waals surface area contributed by atoms with Gasteiger partial charge >= 0.3 is 0 Å². The first-order valence-electron chi connectivity index (χ1n) is 6.87. The topological polar surface area (TPSA) is 68.0 Å². The normalized spacial score (nSPS) is 12.6. The van der Waals surface area contributed by atoms with Gasteiger partial charge in [-0.15, -0.1) is 11.3 Å². The second kappa shape index (κ2) is 6.66. The number of nitrogens with one attached hydrogen (secondary N) is 1. The third-order valence-corrected chi connectivity index (χ3v) is 5.29. The molecule has 6 heteroatoms. The minimum atomic E-state index is -0.0968. The number of thiophene rings is 1. The van der Waals surface area contributed by atoms with Gasteiger partial charge in [-0.05, 0) is 43.4 Å². The van der Waals surface area contributed by atoms with E-state index in [2.05, 4.69) is 23.5 Å². The Morgan fingerprint density at radius 3 is 2.90 bits per heavy atom. The van der Waals surface area contributed by atoms with Crippen LogP contribution in [0.4, 0.5) is 5.69 Å². The van der Waals surface area contributed by atoms with Crippen LogP contribution >= 0.6 is 23.1 Å². The summed E-state index contributed by atoms with van der Waals surface area (Å²) in [6, 6.07) is 1.99. The van der Waals surface area contributed by atoms with Crippen LogP contribution < -0.4 is 11.1 Å². The zero-order valence-corrected chi connectivity index (χ0v) is 14.5. The molecule has 0 aliphatic rings. The van der Waals surface area contributed by atoms with E-state index >= 15 is 0 Å². The van der Waals surface area contributed by atoms with E-state index in [0.717, 1.165) is 27.2 Å². The van der Waals surface area contributed by atoms with Crippen LogP contribution in [-0.4, -0.2) is 29.4 Å². The molecule has 3 N–H and O–H groups in total. The zero-order chi connectivity index (χ0) is 15.6. The zero-order valence-electron chi connectivity index (χ0n) is 12.8. The molecule has 0 spiro atoms. The molecule has 2 rings (SSSR count). The van der Waals surface area contributed by atoms with Crippen molar-refractivity contribution >= 4 is 44.9 Å². The predicted molar refractivity (Wildman–Crippen MR) is 93.4 cm³/mol. The monoisotopic (exact) mass is 323 g/mol. The van der Waals surface area contributed by atoms with Gasteiger partial charge in [-0.25, -0.2) is 4.98 Å². The SMILES string of the molecule is CSCC(C)CNC(=O)c1sc2nc(C)cc(C)c2c1N. The number of hydrogen-bond acceptors (Lipinski definition) is 5. The summed E-state index contributed by atoms with van der Waals surface area (Å²) in [5, 5.41) is 3.88. The highest BCUT2D eigenvalue weighted by Gasteiger charge is 2.19. The first-order valence-corrected chi connectivity index (χ1v) is 9.08. The number of fused-ring (bicyclic) bond motifs is 1. The van der Waals surface area contributed by atoms with E-state index in [1.54, 1.807) is 11.8 Å². The summed E-state index contributed by atoms with van der Waals surface area (Å²) in [5.74, 6) is 1.38. The van der Waals surface area contributed by atoms with Crippen molar-refractivity contribution in [3.63, 3.8) is 0 Å². The van der Waals surface area contributed by atoms with Gasteiger partial charge < -0.3 is 11.1 Å². The number of carbonyl (C=O) groups excluding carboxylic acids is 1. The molecular formula is C15H21N3OS2. The lowest BCUT2D eigenvalue weighted by Crippen LogP contribution is -2.28. The molecule has 0 fully saturated rings. The molecule has 0 aliphatic carbocycles. The van der Waals surface area contributed by atoms with Crippen LogP contribution in [0.25, 0.3) is 10.2 Å². The van der Waals surface area contributed by atoms with Gasteiger partial charge in [0, 0.05) is 17.6 Å². The lowest BCUT2D eigenvalue weighted by Gasteiger charge is -2.10. The maximum atomic E-state index is 12.3. The molecule has 0 saturated carbocycles. The number of anilines is 1. The lowest BCUT2D eigenvalue weighted by molar-refractivity contribution is 0.0954.